The highest BCUT2D eigenvalue weighted by Crippen LogP contribution is 2.16. The molecule has 0 bridgehead atoms. The largest absolute Gasteiger partial charge is 0.379 e. The number of amides is 1. The fourth-order valence-corrected chi connectivity index (χ4v) is 2.57. The van der Waals surface area contributed by atoms with Crippen LogP contribution in [0.1, 0.15) is 13.8 Å². The van der Waals surface area contributed by atoms with E-state index in [2.05, 4.69) is 20.4 Å². The molecule has 1 N–H and O–H groups in total. The van der Waals surface area contributed by atoms with Gasteiger partial charge in [-0.05, 0) is 26.0 Å². The molecule has 0 aliphatic carbocycles. The lowest BCUT2D eigenvalue weighted by molar-refractivity contribution is -0.129. The number of carbonyl (C=O) groups excluding carboxylic acids is 1. The van der Waals surface area contributed by atoms with Crippen molar-refractivity contribution in [3.05, 3.63) is 24.3 Å². The SMILES string of the molecule is CC(C)(C(=O)NCCN1CCOCC1)n1nc2ccccc2n1. The molecule has 0 atom stereocenters. The lowest BCUT2D eigenvalue weighted by atomic mass is 10.1. The van der Waals surface area contributed by atoms with Crippen LogP contribution in [-0.2, 0) is 15.1 Å². The van der Waals surface area contributed by atoms with Crippen LogP contribution in [0.15, 0.2) is 24.3 Å². The highest BCUT2D eigenvalue weighted by atomic mass is 16.5. The Kier molecular flexibility index (Phi) is 4.58. The summed E-state index contributed by atoms with van der Waals surface area (Å²) in [5, 5.41) is 11.8. The molecule has 7 nitrogen and oxygen atoms in total. The van der Waals surface area contributed by atoms with Gasteiger partial charge in [0.25, 0.3) is 0 Å². The summed E-state index contributed by atoms with van der Waals surface area (Å²) in [7, 11) is 0. The van der Waals surface area contributed by atoms with Crippen molar-refractivity contribution in [2.75, 3.05) is 39.4 Å². The Morgan fingerprint density at radius 2 is 1.83 bits per heavy atom. The minimum absolute atomic E-state index is 0.0777. The Hall–Kier alpha value is -1.99. The summed E-state index contributed by atoms with van der Waals surface area (Å²) in [6.07, 6.45) is 0. The van der Waals surface area contributed by atoms with Crippen LogP contribution in [0.25, 0.3) is 11.0 Å². The summed E-state index contributed by atoms with van der Waals surface area (Å²) in [6, 6.07) is 7.62. The quantitative estimate of drug-likeness (QED) is 0.875. The number of ether oxygens (including phenoxy) is 1. The van der Waals surface area contributed by atoms with E-state index >= 15 is 0 Å². The summed E-state index contributed by atoms with van der Waals surface area (Å²) in [6.45, 7) is 8.48. The molecule has 23 heavy (non-hydrogen) atoms. The molecule has 1 aromatic carbocycles. The number of fused-ring (bicyclic) bond motifs is 1. The van der Waals surface area contributed by atoms with Gasteiger partial charge in [0.05, 0.1) is 13.2 Å². The van der Waals surface area contributed by atoms with E-state index in [9.17, 15) is 4.79 Å². The number of carbonyl (C=O) groups is 1. The number of nitrogens with zero attached hydrogens (tertiary/aromatic N) is 4. The molecule has 1 aromatic heterocycles. The summed E-state index contributed by atoms with van der Waals surface area (Å²) >= 11 is 0. The third-order valence-electron chi connectivity index (χ3n) is 4.16. The second-order valence-corrected chi connectivity index (χ2v) is 6.25. The lowest BCUT2D eigenvalue weighted by Gasteiger charge is -2.27. The summed E-state index contributed by atoms with van der Waals surface area (Å²) in [4.78, 5) is 16.3. The molecule has 3 rings (SSSR count). The van der Waals surface area contributed by atoms with Gasteiger partial charge in [-0.25, -0.2) is 0 Å². The van der Waals surface area contributed by atoms with E-state index in [0.717, 1.165) is 43.9 Å². The third kappa shape index (κ3) is 3.51. The van der Waals surface area contributed by atoms with Crippen molar-refractivity contribution in [1.82, 2.24) is 25.2 Å². The zero-order valence-electron chi connectivity index (χ0n) is 13.7. The Labute approximate surface area is 135 Å². The molecule has 0 radical (unpaired) electrons. The van der Waals surface area contributed by atoms with E-state index in [4.69, 9.17) is 4.74 Å². The second kappa shape index (κ2) is 6.64. The van der Waals surface area contributed by atoms with Crippen molar-refractivity contribution in [3.8, 4) is 0 Å². The molecule has 2 heterocycles. The summed E-state index contributed by atoms with van der Waals surface area (Å²) in [5.74, 6) is -0.0777. The van der Waals surface area contributed by atoms with Crippen molar-refractivity contribution in [2.24, 2.45) is 0 Å². The highest BCUT2D eigenvalue weighted by molar-refractivity contribution is 5.84. The Bertz CT molecular complexity index is 643. The van der Waals surface area contributed by atoms with Gasteiger partial charge in [-0.1, -0.05) is 12.1 Å². The lowest BCUT2D eigenvalue weighted by Crippen LogP contribution is -2.48. The average Bonchev–Trinajstić information content (AvgIpc) is 3.00. The Balaban J connectivity index is 1.60. The zero-order valence-corrected chi connectivity index (χ0v) is 13.7. The third-order valence-corrected chi connectivity index (χ3v) is 4.16. The van der Waals surface area contributed by atoms with Gasteiger partial charge in [-0.2, -0.15) is 15.0 Å². The van der Waals surface area contributed by atoms with E-state index in [1.807, 2.05) is 38.1 Å². The molecular formula is C16H23N5O2. The number of rotatable bonds is 5. The molecule has 7 heteroatoms. The van der Waals surface area contributed by atoms with Crippen molar-refractivity contribution in [1.29, 1.82) is 0 Å². The van der Waals surface area contributed by atoms with Crippen LogP contribution in [0.2, 0.25) is 0 Å². The minimum atomic E-state index is -0.829. The maximum absolute atomic E-state index is 12.5. The first-order valence-electron chi connectivity index (χ1n) is 7.98. The Morgan fingerprint density at radius 1 is 1.22 bits per heavy atom. The molecule has 124 valence electrons. The van der Waals surface area contributed by atoms with Crippen LogP contribution >= 0.6 is 0 Å². The van der Waals surface area contributed by atoms with Crippen LogP contribution in [0.5, 0.6) is 0 Å². The van der Waals surface area contributed by atoms with Gasteiger partial charge in [0.2, 0.25) is 5.91 Å². The van der Waals surface area contributed by atoms with E-state index in [0.29, 0.717) is 6.54 Å². The average molecular weight is 317 g/mol. The van der Waals surface area contributed by atoms with Gasteiger partial charge in [-0.3, -0.25) is 9.69 Å². The highest BCUT2D eigenvalue weighted by Gasteiger charge is 2.32. The number of morpholine rings is 1. The number of hydrogen-bond donors (Lipinski definition) is 1. The first-order chi connectivity index (χ1) is 11.1. The fourth-order valence-electron chi connectivity index (χ4n) is 2.57. The first-order valence-corrected chi connectivity index (χ1v) is 7.98. The molecule has 0 spiro atoms. The van der Waals surface area contributed by atoms with Crippen LogP contribution in [0.4, 0.5) is 0 Å². The predicted octanol–water partition coefficient (Wildman–Crippen LogP) is 0.615. The molecule has 1 aliphatic rings. The van der Waals surface area contributed by atoms with Crippen molar-refractivity contribution < 1.29 is 9.53 Å². The van der Waals surface area contributed by atoms with E-state index in [-0.39, 0.29) is 5.91 Å². The number of benzene rings is 1. The Morgan fingerprint density at radius 3 is 2.43 bits per heavy atom. The number of aromatic nitrogens is 3. The molecule has 1 saturated heterocycles. The smallest absolute Gasteiger partial charge is 0.249 e. The van der Waals surface area contributed by atoms with Gasteiger partial charge >= 0.3 is 0 Å². The van der Waals surface area contributed by atoms with Crippen LogP contribution in [-0.4, -0.2) is 65.2 Å². The van der Waals surface area contributed by atoms with Gasteiger partial charge in [0, 0.05) is 26.2 Å². The standard InChI is InChI=1S/C16H23N5O2/c1-16(2,21-18-13-5-3-4-6-14(13)19-21)15(22)17-7-8-20-9-11-23-12-10-20/h3-6H,7-12H2,1-2H3,(H,17,22). The molecule has 0 unspecified atom stereocenters. The number of hydrogen-bond acceptors (Lipinski definition) is 5. The summed E-state index contributed by atoms with van der Waals surface area (Å²) in [5.41, 5.74) is 0.757. The van der Waals surface area contributed by atoms with Gasteiger partial charge in [-0.15, -0.1) is 0 Å². The molecule has 1 fully saturated rings. The molecule has 1 amide bonds. The molecular weight excluding hydrogens is 294 g/mol. The molecule has 2 aromatic rings. The van der Waals surface area contributed by atoms with Gasteiger partial charge < -0.3 is 10.1 Å². The maximum atomic E-state index is 12.5. The first kappa shape index (κ1) is 15.9. The van der Waals surface area contributed by atoms with Crippen molar-refractivity contribution >= 4 is 16.9 Å². The fraction of sp³-hybridized carbons (Fsp3) is 0.562. The molecule has 0 saturated carbocycles. The van der Waals surface area contributed by atoms with Crippen LogP contribution in [0, 0.1) is 0 Å². The second-order valence-electron chi connectivity index (χ2n) is 6.25. The van der Waals surface area contributed by atoms with Gasteiger partial charge in [0.15, 0.2) is 5.54 Å². The zero-order chi connectivity index (χ0) is 16.3. The monoisotopic (exact) mass is 317 g/mol. The van der Waals surface area contributed by atoms with E-state index in [1.165, 1.54) is 4.80 Å². The van der Waals surface area contributed by atoms with Crippen molar-refractivity contribution in [3.63, 3.8) is 0 Å². The van der Waals surface area contributed by atoms with Gasteiger partial charge in [0.1, 0.15) is 11.0 Å². The summed E-state index contributed by atoms with van der Waals surface area (Å²) < 4.78 is 5.32. The van der Waals surface area contributed by atoms with Crippen LogP contribution < -0.4 is 5.32 Å². The molecule has 1 aliphatic heterocycles. The van der Waals surface area contributed by atoms with E-state index in [1.54, 1.807) is 0 Å². The van der Waals surface area contributed by atoms with Crippen molar-refractivity contribution in [2.45, 2.75) is 19.4 Å². The van der Waals surface area contributed by atoms with Crippen LogP contribution in [0.3, 0.4) is 0 Å². The topological polar surface area (TPSA) is 72.3 Å². The maximum Gasteiger partial charge on any atom is 0.249 e. The normalized spacial score (nSPS) is 16.6. The minimum Gasteiger partial charge on any atom is -0.379 e. The number of nitrogens with one attached hydrogen (secondary N) is 1. The van der Waals surface area contributed by atoms with E-state index < -0.39 is 5.54 Å². The predicted molar refractivity (Wildman–Crippen MR) is 87.1 cm³/mol.